The molecule has 1 aromatic rings. The van der Waals surface area contributed by atoms with Crippen molar-refractivity contribution < 1.29 is 5.11 Å². The number of hydrogen-bond donors (Lipinski definition) is 2. The second-order valence-corrected chi connectivity index (χ2v) is 4.86. The number of hydrogen-bond acceptors (Lipinski definition) is 3. The van der Waals surface area contributed by atoms with Gasteiger partial charge >= 0.3 is 0 Å². The summed E-state index contributed by atoms with van der Waals surface area (Å²) in [7, 11) is 0. The van der Waals surface area contributed by atoms with Crippen molar-refractivity contribution in [3.8, 4) is 0 Å². The van der Waals surface area contributed by atoms with Gasteiger partial charge in [-0.05, 0) is 32.2 Å². The molecule has 0 radical (unpaired) electrons. The second kappa shape index (κ2) is 4.22. The van der Waals surface area contributed by atoms with E-state index in [-0.39, 0.29) is 11.6 Å². The summed E-state index contributed by atoms with van der Waals surface area (Å²) in [6.45, 7) is 6.65. The van der Waals surface area contributed by atoms with Gasteiger partial charge in [0.25, 0.3) is 0 Å². The first-order valence-corrected chi connectivity index (χ1v) is 5.36. The Labute approximate surface area is 83.6 Å². The van der Waals surface area contributed by atoms with Crippen molar-refractivity contribution in [1.82, 2.24) is 5.32 Å². The average molecular weight is 199 g/mol. The van der Waals surface area contributed by atoms with Gasteiger partial charge in [-0.15, -0.1) is 11.3 Å². The molecule has 1 heterocycles. The van der Waals surface area contributed by atoms with E-state index >= 15 is 0 Å². The molecule has 0 aliphatic carbocycles. The van der Waals surface area contributed by atoms with Crippen molar-refractivity contribution in [2.24, 2.45) is 0 Å². The van der Waals surface area contributed by atoms with E-state index in [4.69, 9.17) is 0 Å². The Bertz CT molecular complexity index is 241. The first kappa shape index (κ1) is 10.7. The third-order valence-electron chi connectivity index (χ3n) is 2.34. The summed E-state index contributed by atoms with van der Waals surface area (Å²) >= 11 is 1.73. The zero-order valence-electron chi connectivity index (χ0n) is 8.37. The number of thiophene rings is 1. The van der Waals surface area contributed by atoms with Crippen molar-refractivity contribution in [1.29, 1.82) is 0 Å². The van der Waals surface area contributed by atoms with Crippen LogP contribution in [-0.2, 0) is 6.54 Å². The molecule has 0 bridgehead atoms. The van der Waals surface area contributed by atoms with Crippen LogP contribution >= 0.6 is 11.3 Å². The van der Waals surface area contributed by atoms with Crippen molar-refractivity contribution in [2.75, 3.05) is 0 Å². The van der Waals surface area contributed by atoms with Crippen LogP contribution in [-0.4, -0.2) is 16.7 Å². The smallest absolute Gasteiger partial charge is 0.0688 e. The Kier molecular flexibility index (Phi) is 3.47. The molecular weight excluding hydrogens is 182 g/mol. The lowest BCUT2D eigenvalue weighted by Gasteiger charge is -2.29. The molecular formula is C10H17NOS. The summed E-state index contributed by atoms with van der Waals surface area (Å²) in [6, 6.07) is 4.13. The third-order valence-corrected chi connectivity index (χ3v) is 3.22. The monoisotopic (exact) mass is 199 g/mol. The van der Waals surface area contributed by atoms with E-state index in [2.05, 4.69) is 16.8 Å². The molecule has 3 heteroatoms. The van der Waals surface area contributed by atoms with E-state index in [0.717, 1.165) is 6.54 Å². The fourth-order valence-electron chi connectivity index (χ4n) is 0.876. The van der Waals surface area contributed by atoms with Crippen LogP contribution in [0.2, 0.25) is 0 Å². The molecule has 2 N–H and O–H groups in total. The Morgan fingerprint density at radius 1 is 1.62 bits per heavy atom. The molecule has 1 aromatic heterocycles. The number of aliphatic hydroxyl groups excluding tert-OH is 1. The molecule has 1 unspecified atom stereocenters. The zero-order chi connectivity index (χ0) is 9.90. The van der Waals surface area contributed by atoms with Crippen LogP contribution in [0.3, 0.4) is 0 Å². The first-order chi connectivity index (χ1) is 6.02. The highest BCUT2D eigenvalue weighted by Crippen LogP contribution is 2.13. The van der Waals surface area contributed by atoms with Crippen LogP contribution in [0, 0.1) is 0 Å². The minimum atomic E-state index is -0.340. The van der Waals surface area contributed by atoms with Crippen LogP contribution in [0.4, 0.5) is 0 Å². The van der Waals surface area contributed by atoms with Gasteiger partial charge in [-0.2, -0.15) is 0 Å². The Morgan fingerprint density at radius 3 is 2.77 bits per heavy atom. The van der Waals surface area contributed by atoms with Gasteiger partial charge < -0.3 is 10.4 Å². The highest BCUT2D eigenvalue weighted by atomic mass is 32.1. The van der Waals surface area contributed by atoms with Gasteiger partial charge in [-0.3, -0.25) is 0 Å². The maximum Gasteiger partial charge on any atom is 0.0688 e. The van der Waals surface area contributed by atoms with E-state index in [1.807, 2.05) is 19.9 Å². The summed E-state index contributed by atoms with van der Waals surface area (Å²) in [5.74, 6) is 0. The van der Waals surface area contributed by atoms with Crippen molar-refractivity contribution >= 4 is 11.3 Å². The molecule has 0 saturated carbocycles. The van der Waals surface area contributed by atoms with Gasteiger partial charge in [-0.1, -0.05) is 6.07 Å². The first-order valence-electron chi connectivity index (χ1n) is 4.48. The van der Waals surface area contributed by atoms with Crippen LogP contribution in [0.15, 0.2) is 17.5 Å². The van der Waals surface area contributed by atoms with Gasteiger partial charge in [-0.25, -0.2) is 0 Å². The van der Waals surface area contributed by atoms with Crippen LogP contribution in [0.5, 0.6) is 0 Å². The molecule has 0 aromatic carbocycles. The Balaban J connectivity index is 2.42. The molecule has 0 aliphatic rings. The maximum absolute atomic E-state index is 9.45. The minimum absolute atomic E-state index is 0.218. The SMILES string of the molecule is CC(O)C(C)(C)NCc1cccs1. The van der Waals surface area contributed by atoms with Crippen molar-refractivity contribution in [2.45, 2.75) is 39.0 Å². The van der Waals surface area contributed by atoms with E-state index in [9.17, 15) is 5.11 Å². The maximum atomic E-state index is 9.45. The summed E-state index contributed by atoms with van der Waals surface area (Å²) in [4.78, 5) is 1.30. The van der Waals surface area contributed by atoms with Gasteiger partial charge in [0.05, 0.1) is 6.10 Å². The second-order valence-electron chi connectivity index (χ2n) is 3.83. The van der Waals surface area contributed by atoms with Crippen molar-refractivity contribution in [3.63, 3.8) is 0 Å². The average Bonchev–Trinajstić information content (AvgIpc) is 2.52. The molecule has 0 fully saturated rings. The standard InChI is InChI=1S/C10H17NOS/c1-8(12)10(2,3)11-7-9-5-4-6-13-9/h4-6,8,11-12H,7H2,1-3H3. The lowest BCUT2D eigenvalue weighted by Crippen LogP contribution is -2.47. The van der Waals surface area contributed by atoms with E-state index in [0.29, 0.717) is 0 Å². The molecule has 1 rings (SSSR count). The number of aliphatic hydroxyl groups is 1. The molecule has 2 nitrogen and oxygen atoms in total. The Hall–Kier alpha value is -0.380. The van der Waals surface area contributed by atoms with Crippen LogP contribution in [0.25, 0.3) is 0 Å². The molecule has 0 spiro atoms. The predicted molar refractivity (Wildman–Crippen MR) is 56.9 cm³/mol. The van der Waals surface area contributed by atoms with E-state index < -0.39 is 0 Å². The molecule has 0 saturated heterocycles. The van der Waals surface area contributed by atoms with Gasteiger partial charge in [0.2, 0.25) is 0 Å². The molecule has 0 aliphatic heterocycles. The summed E-state index contributed by atoms with van der Waals surface area (Å²) in [6.07, 6.45) is -0.340. The lowest BCUT2D eigenvalue weighted by molar-refractivity contribution is 0.0958. The molecule has 74 valence electrons. The fraction of sp³-hybridized carbons (Fsp3) is 0.600. The third kappa shape index (κ3) is 3.10. The summed E-state index contributed by atoms with van der Waals surface area (Å²) in [5, 5.41) is 14.8. The quantitative estimate of drug-likeness (QED) is 0.777. The number of rotatable bonds is 4. The fourth-order valence-corrected chi connectivity index (χ4v) is 1.52. The van der Waals surface area contributed by atoms with Crippen LogP contribution in [0.1, 0.15) is 25.6 Å². The summed E-state index contributed by atoms with van der Waals surface area (Å²) < 4.78 is 0. The van der Waals surface area contributed by atoms with Gasteiger partial charge in [0, 0.05) is 17.0 Å². The van der Waals surface area contributed by atoms with E-state index in [1.165, 1.54) is 4.88 Å². The van der Waals surface area contributed by atoms with E-state index in [1.54, 1.807) is 18.3 Å². The topological polar surface area (TPSA) is 32.3 Å². The van der Waals surface area contributed by atoms with Crippen molar-refractivity contribution in [3.05, 3.63) is 22.4 Å². The lowest BCUT2D eigenvalue weighted by atomic mass is 9.99. The Morgan fingerprint density at radius 2 is 2.31 bits per heavy atom. The molecule has 13 heavy (non-hydrogen) atoms. The number of nitrogens with one attached hydrogen (secondary N) is 1. The van der Waals surface area contributed by atoms with Gasteiger partial charge in [0.1, 0.15) is 0 Å². The highest BCUT2D eigenvalue weighted by molar-refractivity contribution is 7.09. The predicted octanol–water partition coefficient (Wildman–Crippen LogP) is 2.00. The molecule has 0 amide bonds. The van der Waals surface area contributed by atoms with Crippen LogP contribution < -0.4 is 5.32 Å². The normalized spacial score (nSPS) is 14.5. The zero-order valence-corrected chi connectivity index (χ0v) is 9.19. The molecule has 1 atom stereocenters. The van der Waals surface area contributed by atoms with Gasteiger partial charge in [0.15, 0.2) is 0 Å². The minimum Gasteiger partial charge on any atom is -0.392 e. The largest absolute Gasteiger partial charge is 0.392 e. The highest BCUT2D eigenvalue weighted by Gasteiger charge is 2.22. The summed E-state index contributed by atoms with van der Waals surface area (Å²) in [5.41, 5.74) is -0.218.